The maximum absolute atomic E-state index is 12.4. The van der Waals surface area contributed by atoms with Gasteiger partial charge >= 0.3 is 0 Å². The summed E-state index contributed by atoms with van der Waals surface area (Å²) in [6, 6.07) is 12.5. The van der Waals surface area contributed by atoms with Crippen LogP contribution in [0.25, 0.3) is 5.70 Å². The Morgan fingerprint density at radius 3 is 2.32 bits per heavy atom. The third-order valence-electron chi connectivity index (χ3n) is 7.45. The fraction of sp³-hybridized carbons (Fsp3) is 0.385. The van der Waals surface area contributed by atoms with Crippen LogP contribution in [0, 0.1) is 5.92 Å². The molecule has 5 N–H and O–H groups in total. The third kappa shape index (κ3) is 3.68. The van der Waals surface area contributed by atoms with Gasteiger partial charge in [0.05, 0.1) is 5.41 Å². The topological polar surface area (TPSA) is 122 Å². The highest BCUT2D eigenvalue weighted by Crippen LogP contribution is 2.49. The first-order valence-electron chi connectivity index (χ1n) is 11.8. The lowest BCUT2D eigenvalue weighted by Gasteiger charge is -2.36. The number of nitrogens with one attached hydrogen (secondary N) is 3. The van der Waals surface area contributed by atoms with Crippen molar-refractivity contribution < 1.29 is 4.79 Å². The second kappa shape index (κ2) is 8.68. The Bertz CT molecular complexity index is 1160. The summed E-state index contributed by atoms with van der Waals surface area (Å²) in [4.78, 5) is 12.4. The van der Waals surface area contributed by atoms with Gasteiger partial charge in [0.15, 0.2) is 5.82 Å². The number of aryl methyl sites for hydroxylation is 2. The van der Waals surface area contributed by atoms with Crippen molar-refractivity contribution in [3.63, 3.8) is 0 Å². The minimum absolute atomic E-state index is 0.00877. The number of nitrogens with two attached hydrogens (primary N) is 1. The maximum atomic E-state index is 12.4. The standard InChI is InChI=1S/C26H31N7O/c1-15(28-2)17-8-10-21-18(12-17)6-7-19-13-20(24(34)29-3)9-11-22(19)26(21,25-30-32-33-31-25)14-23(27)16-4-5-16/h8-13,16,23,28H,1,4-7,14,27H2,2-3H3,(H,29,34)(H,30,31,32,33)/t23-,26?/m1/s1. The van der Waals surface area contributed by atoms with Crippen LogP contribution < -0.4 is 16.4 Å². The summed E-state index contributed by atoms with van der Waals surface area (Å²) in [5, 5.41) is 21.3. The maximum Gasteiger partial charge on any atom is 0.251 e. The zero-order chi connectivity index (χ0) is 23.9. The van der Waals surface area contributed by atoms with E-state index in [0.29, 0.717) is 23.7 Å². The Hall–Kier alpha value is -3.52. The van der Waals surface area contributed by atoms with E-state index in [1.807, 2.05) is 19.2 Å². The molecule has 176 valence electrons. The van der Waals surface area contributed by atoms with Crippen LogP contribution in [0.1, 0.15) is 63.3 Å². The van der Waals surface area contributed by atoms with Gasteiger partial charge in [-0.3, -0.25) is 4.79 Å². The molecule has 34 heavy (non-hydrogen) atoms. The second-order valence-corrected chi connectivity index (χ2v) is 9.41. The molecule has 8 nitrogen and oxygen atoms in total. The number of aromatic amines is 1. The minimum atomic E-state index is -0.645. The molecule has 2 aromatic carbocycles. The van der Waals surface area contributed by atoms with Crippen LogP contribution in [0.5, 0.6) is 0 Å². The molecule has 1 amide bonds. The van der Waals surface area contributed by atoms with Crippen LogP contribution in [0.4, 0.5) is 0 Å². The van der Waals surface area contributed by atoms with E-state index in [4.69, 9.17) is 5.73 Å². The number of tetrazole rings is 1. The average molecular weight is 458 g/mol. The molecular formula is C26H31N7O. The summed E-state index contributed by atoms with van der Waals surface area (Å²) in [5.41, 5.74) is 13.3. The van der Waals surface area contributed by atoms with Crippen molar-refractivity contribution in [3.05, 3.63) is 82.2 Å². The number of nitrogens with zero attached hydrogens (tertiary/aromatic N) is 3. The third-order valence-corrected chi connectivity index (χ3v) is 7.45. The zero-order valence-corrected chi connectivity index (χ0v) is 19.7. The molecule has 2 aliphatic carbocycles. The molecule has 1 unspecified atom stereocenters. The molecule has 1 heterocycles. The SMILES string of the molecule is C=C(NC)c1ccc2c(c1)CCc1cc(C(=O)NC)ccc1C2(C[C@@H](N)C1CC1)c1nnn[nH]1. The normalized spacial score (nSPS) is 20.0. The van der Waals surface area contributed by atoms with Crippen molar-refractivity contribution in [2.75, 3.05) is 14.1 Å². The van der Waals surface area contributed by atoms with Crippen molar-refractivity contribution in [2.24, 2.45) is 11.7 Å². The average Bonchev–Trinajstić information content (AvgIpc) is 3.60. The van der Waals surface area contributed by atoms with E-state index < -0.39 is 5.41 Å². The number of benzene rings is 2. The summed E-state index contributed by atoms with van der Waals surface area (Å²) in [6.07, 6.45) is 4.61. The molecular weight excluding hydrogens is 426 g/mol. The van der Waals surface area contributed by atoms with Crippen LogP contribution in [0.2, 0.25) is 0 Å². The molecule has 0 bridgehead atoms. The Morgan fingerprint density at radius 2 is 1.76 bits per heavy atom. The van der Waals surface area contributed by atoms with Crippen molar-refractivity contribution in [1.82, 2.24) is 31.3 Å². The lowest BCUT2D eigenvalue weighted by Crippen LogP contribution is -2.40. The lowest BCUT2D eigenvalue weighted by molar-refractivity contribution is 0.0963. The summed E-state index contributed by atoms with van der Waals surface area (Å²) < 4.78 is 0. The fourth-order valence-corrected chi connectivity index (χ4v) is 5.42. The van der Waals surface area contributed by atoms with Crippen molar-refractivity contribution in [3.8, 4) is 0 Å². The molecule has 1 fully saturated rings. The van der Waals surface area contributed by atoms with Gasteiger partial charge in [0.1, 0.15) is 0 Å². The monoisotopic (exact) mass is 457 g/mol. The summed E-state index contributed by atoms with van der Waals surface area (Å²) in [5.74, 6) is 1.09. The molecule has 0 radical (unpaired) electrons. The van der Waals surface area contributed by atoms with Gasteiger partial charge in [0.25, 0.3) is 5.91 Å². The van der Waals surface area contributed by atoms with Crippen LogP contribution in [-0.4, -0.2) is 46.7 Å². The number of rotatable bonds is 7. The number of fused-ring (bicyclic) bond motifs is 2. The van der Waals surface area contributed by atoms with Crippen LogP contribution in [0.3, 0.4) is 0 Å². The number of aromatic nitrogens is 4. The smallest absolute Gasteiger partial charge is 0.251 e. The van der Waals surface area contributed by atoms with Crippen molar-refractivity contribution >= 4 is 11.6 Å². The summed E-state index contributed by atoms with van der Waals surface area (Å²) in [6.45, 7) is 4.15. The molecule has 0 saturated heterocycles. The van der Waals surface area contributed by atoms with Crippen LogP contribution in [0.15, 0.2) is 43.0 Å². The van der Waals surface area contributed by atoms with E-state index >= 15 is 0 Å². The number of H-pyrrole nitrogens is 1. The molecule has 2 atom stereocenters. The first-order chi connectivity index (χ1) is 16.5. The number of hydrogen-bond acceptors (Lipinski definition) is 6. The Balaban J connectivity index is 1.77. The van der Waals surface area contributed by atoms with Gasteiger partial charge in [-0.05, 0) is 94.5 Å². The highest BCUT2D eigenvalue weighted by Gasteiger charge is 2.47. The fourth-order valence-electron chi connectivity index (χ4n) is 5.42. The van der Waals surface area contributed by atoms with E-state index in [9.17, 15) is 4.79 Å². The lowest BCUT2D eigenvalue weighted by atomic mass is 9.67. The van der Waals surface area contributed by atoms with Crippen molar-refractivity contribution in [2.45, 2.75) is 43.6 Å². The largest absolute Gasteiger partial charge is 0.388 e. The minimum Gasteiger partial charge on any atom is -0.388 e. The van der Waals surface area contributed by atoms with Crippen LogP contribution in [-0.2, 0) is 18.3 Å². The van der Waals surface area contributed by atoms with Gasteiger partial charge in [0, 0.05) is 31.4 Å². The Kier molecular flexibility index (Phi) is 5.69. The van der Waals surface area contributed by atoms with E-state index in [0.717, 1.165) is 53.6 Å². The predicted octanol–water partition coefficient (Wildman–Crippen LogP) is 2.31. The summed E-state index contributed by atoms with van der Waals surface area (Å²) >= 11 is 0. The number of carbonyl (C=O) groups is 1. The van der Waals surface area contributed by atoms with E-state index in [-0.39, 0.29) is 11.9 Å². The predicted molar refractivity (Wildman–Crippen MR) is 131 cm³/mol. The highest BCUT2D eigenvalue weighted by molar-refractivity contribution is 5.94. The van der Waals surface area contributed by atoms with Gasteiger partial charge < -0.3 is 16.4 Å². The molecule has 0 spiro atoms. The molecule has 1 saturated carbocycles. The van der Waals surface area contributed by atoms with E-state index in [2.05, 4.69) is 62.1 Å². The molecule has 3 aromatic rings. The zero-order valence-electron chi connectivity index (χ0n) is 19.7. The number of amides is 1. The Morgan fingerprint density at radius 1 is 1.12 bits per heavy atom. The van der Waals surface area contributed by atoms with Gasteiger partial charge in [-0.1, -0.05) is 24.8 Å². The molecule has 5 rings (SSSR count). The van der Waals surface area contributed by atoms with Gasteiger partial charge in [-0.25, -0.2) is 5.10 Å². The molecule has 0 aliphatic heterocycles. The Labute approximate surface area is 199 Å². The quantitative estimate of drug-likeness (QED) is 0.432. The number of hydrogen-bond donors (Lipinski definition) is 4. The molecule has 1 aromatic heterocycles. The highest BCUT2D eigenvalue weighted by atomic mass is 16.1. The van der Waals surface area contributed by atoms with Gasteiger partial charge in [0.2, 0.25) is 0 Å². The summed E-state index contributed by atoms with van der Waals surface area (Å²) in [7, 11) is 3.53. The first-order valence-corrected chi connectivity index (χ1v) is 11.8. The first kappa shape index (κ1) is 22.3. The second-order valence-electron chi connectivity index (χ2n) is 9.41. The van der Waals surface area contributed by atoms with E-state index in [1.54, 1.807) is 7.05 Å². The van der Waals surface area contributed by atoms with Crippen molar-refractivity contribution in [1.29, 1.82) is 0 Å². The van der Waals surface area contributed by atoms with E-state index in [1.165, 1.54) is 5.56 Å². The molecule has 8 heteroatoms. The van der Waals surface area contributed by atoms with Gasteiger partial charge in [-0.2, -0.15) is 0 Å². The number of carbonyl (C=O) groups excluding carboxylic acids is 1. The van der Waals surface area contributed by atoms with Crippen LogP contribution >= 0.6 is 0 Å². The molecule has 2 aliphatic rings. The van der Waals surface area contributed by atoms with Gasteiger partial charge in [-0.15, -0.1) is 5.10 Å².